The number of esters is 2. The zero-order valence-electron chi connectivity index (χ0n) is 13.4. The van der Waals surface area contributed by atoms with Gasteiger partial charge in [-0.05, 0) is 24.3 Å². The second-order valence-corrected chi connectivity index (χ2v) is 5.25. The highest BCUT2D eigenvalue weighted by atomic mass is 19.1. The Morgan fingerprint density at radius 2 is 1.15 bits per heavy atom. The van der Waals surface area contributed by atoms with Crippen molar-refractivity contribution in [3.63, 3.8) is 0 Å². The molecule has 0 N–H and O–H groups in total. The predicted octanol–water partition coefficient (Wildman–Crippen LogP) is 2.68. The number of hydrogen-bond donors (Lipinski definition) is 0. The second-order valence-electron chi connectivity index (χ2n) is 5.25. The number of carbonyl (C=O) groups excluding carboxylic acids is 2. The minimum Gasteiger partial charge on any atom is -0.425 e. The zero-order valence-corrected chi connectivity index (χ0v) is 13.4. The summed E-state index contributed by atoms with van der Waals surface area (Å²) in [5.41, 5.74) is -0.610. The minimum atomic E-state index is -1.41. The Balaban J connectivity index is 1.70. The van der Waals surface area contributed by atoms with Crippen molar-refractivity contribution in [2.45, 2.75) is 12.6 Å². The molecule has 26 heavy (non-hydrogen) atoms. The third-order valence-corrected chi connectivity index (χ3v) is 3.50. The highest BCUT2D eigenvalue weighted by Crippen LogP contribution is 2.19. The number of ether oxygens (including phenoxy) is 4. The number of benzene rings is 2. The lowest BCUT2D eigenvalue weighted by Gasteiger charge is -2.30. The predicted molar refractivity (Wildman–Crippen MR) is 83.1 cm³/mol. The Labute approximate surface area is 147 Å². The summed E-state index contributed by atoms with van der Waals surface area (Å²) in [7, 11) is 0. The Kier molecular flexibility index (Phi) is 5.55. The highest BCUT2D eigenvalue weighted by Gasteiger charge is 2.35. The largest absolute Gasteiger partial charge is 0.425 e. The van der Waals surface area contributed by atoms with Crippen molar-refractivity contribution in [3.05, 3.63) is 71.3 Å². The van der Waals surface area contributed by atoms with Gasteiger partial charge in [-0.3, -0.25) is 0 Å². The standard InChI is InChI=1S/C18H14F2O6/c19-13-7-3-1-5-11(13)15(21)25-17-18(24-10-9-23-17)26-16(22)12-6-2-4-8-14(12)20/h1-8,17-18H,9-10H2/t17-,18-/m0/s1. The molecule has 1 fully saturated rings. The minimum absolute atomic E-state index is 0.0724. The molecule has 2 aromatic carbocycles. The monoisotopic (exact) mass is 364 g/mol. The molecule has 6 nitrogen and oxygen atoms in total. The van der Waals surface area contributed by atoms with Crippen LogP contribution in [-0.4, -0.2) is 37.7 Å². The van der Waals surface area contributed by atoms with Gasteiger partial charge in [0.05, 0.1) is 24.3 Å². The van der Waals surface area contributed by atoms with Gasteiger partial charge in [-0.1, -0.05) is 24.3 Å². The van der Waals surface area contributed by atoms with Gasteiger partial charge < -0.3 is 18.9 Å². The van der Waals surface area contributed by atoms with E-state index < -0.39 is 36.2 Å². The molecule has 2 aromatic rings. The van der Waals surface area contributed by atoms with E-state index in [2.05, 4.69) is 0 Å². The van der Waals surface area contributed by atoms with Crippen molar-refractivity contribution < 1.29 is 37.3 Å². The lowest BCUT2D eigenvalue weighted by Crippen LogP contribution is -2.44. The molecule has 1 aliphatic heterocycles. The molecular weight excluding hydrogens is 350 g/mol. The molecule has 0 bridgehead atoms. The average molecular weight is 364 g/mol. The van der Waals surface area contributed by atoms with Crippen LogP contribution in [0.4, 0.5) is 8.78 Å². The summed E-state index contributed by atoms with van der Waals surface area (Å²) < 4.78 is 47.9. The molecule has 0 aromatic heterocycles. The maximum absolute atomic E-state index is 13.7. The van der Waals surface area contributed by atoms with E-state index in [4.69, 9.17) is 18.9 Å². The number of carbonyl (C=O) groups is 2. The van der Waals surface area contributed by atoms with Crippen LogP contribution < -0.4 is 0 Å². The first-order valence-corrected chi connectivity index (χ1v) is 7.70. The van der Waals surface area contributed by atoms with E-state index in [1.807, 2.05) is 0 Å². The number of rotatable bonds is 4. The Morgan fingerprint density at radius 3 is 1.54 bits per heavy atom. The van der Waals surface area contributed by atoms with Gasteiger partial charge in [0, 0.05) is 0 Å². The van der Waals surface area contributed by atoms with E-state index in [1.165, 1.54) is 36.4 Å². The number of halogens is 2. The average Bonchev–Trinajstić information content (AvgIpc) is 2.64. The van der Waals surface area contributed by atoms with Gasteiger partial charge in [0.2, 0.25) is 0 Å². The first-order chi connectivity index (χ1) is 12.6. The van der Waals surface area contributed by atoms with E-state index in [0.717, 1.165) is 12.1 Å². The summed E-state index contributed by atoms with van der Waals surface area (Å²) in [6.45, 7) is 0.145. The fraction of sp³-hybridized carbons (Fsp3) is 0.222. The van der Waals surface area contributed by atoms with Crippen LogP contribution in [0.1, 0.15) is 20.7 Å². The van der Waals surface area contributed by atoms with Crippen LogP contribution in [0.3, 0.4) is 0 Å². The Bertz CT molecular complexity index is 742. The molecule has 0 amide bonds. The molecule has 1 saturated heterocycles. The van der Waals surface area contributed by atoms with Crippen LogP contribution in [-0.2, 0) is 18.9 Å². The zero-order chi connectivity index (χ0) is 18.5. The first-order valence-electron chi connectivity index (χ1n) is 7.70. The molecule has 2 atom stereocenters. The van der Waals surface area contributed by atoms with Crippen molar-refractivity contribution in [3.8, 4) is 0 Å². The van der Waals surface area contributed by atoms with Gasteiger partial charge in [0.25, 0.3) is 12.6 Å². The molecule has 1 aliphatic rings. The van der Waals surface area contributed by atoms with E-state index in [-0.39, 0.29) is 24.3 Å². The van der Waals surface area contributed by atoms with Gasteiger partial charge in [-0.2, -0.15) is 0 Å². The highest BCUT2D eigenvalue weighted by molar-refractivity contribution is 5.90. The molecule has 0 spiro atoms. The molecule has 0 radical (unpaired) electrons. The lowest BCUT2D eigenvalue weighted by atomic mass is 10.2. The quantitative estimate of drug-likeness (QED) is 0.777. The Hall–Kier alpha value is -2.84. The van der Waals surface area contributed by atoms with Gasteiger partial charge in [-0.15, -0.1) is 0 Å². The third-order valence-electron chi connectivity index (χ3n) is 3.50. The SMILES string of the molecule is O=C(O[C@@H]1OCCO[C@H]1OC(=O)c1ccccc1F)c1ccccc1F. The van der Waals surface area contributed by atoms with Crippen LogP contribution in [0.25, 0.3) is 0 Å². The van der Waals surface area contributed by atoms with Crippen molar-refractivity contribution in [1.82, 2.24) is 0 Å². The van der Waals surface area contributed by atoms with Gasteiger partial charge in [-0.25, -0.2) is 18.4 Å². The third kappa shape index (κ3) is 4.04. The smallest absolute Gasteiger partial charge is 0.343 e. The number of hydrogen-bond acceptors (Lipinski definition) is 6. The molecular formula is C18H14F2O6. The van der Waals surface area contributed by atoms with E-state index in [9.17, 15) is 18.4 Å². The van der Waals surface area contributed by atoms with Gasteiger partial charge >= 0.3 is 11.9 Å². The molecule has 0 aliphatic carbocycles. The van der Waals surface area contributed by atoms with E-state index >= 15 is 0 Å². The van der Waals surface area contributed by atoms with Crippen LogP contribution >= 0.6 is 0 Å². The summed E-state index contributed by atoms with van der Waals surface area (Å²) in [5.74, 6) is -3.56. The van der Waals surface area contributed by atoms with Crippen LogP contribution in [0.5, 0.6) is 0 Å². The van der Waals surface area contributed by atoms with Gasteiger partial charge in [0.15, 0.2) is 0 Å². The lowest BCUT2D eigenvalue weighted by molar-refractivity contribution is -0.288. The first kappa shape index (κ1) is 18.0. The Morgan fingerprint density at radius 1 is 0.769 bits per heavy atom. The van der Waals surface area contributed by atoms with Crippen LogP contribution in [0, 0.1) is 11.6 Å². The molecule has 1 heterocycles. The maximum Gasteiger partial charge on any atom is 0.343 e. The van der Waals surface area contributed by atoms with Crippen molar-refractivity contribution in [2.24, 2.45) is 0 Å². The topological polar surface area (TPSA) is 71.1 Å². The summed E-state index contributed by atoms with van der Waals surface area (Å²) in [6.07, 6.45) is -2.82. The van der Waals surface area contributed by atoms with E-state index in [0.29, 0.717) is 0 Å². The summed E-state index contributed by atoms with van der Waals surface area (Å²) >= 11 is 0. The van der Waals surface area contributed by atoms with Crippen molar-refractivity contribution in [2.75, 3.05) is 13.2 Å². The molecule has 8 heteroatoms. The summed E-state index contributed by atoms with van der Waals surface area (Å²) in [5, 5.41) is 0. The summed E-state index contributed by atoms with van der Waals surface area (Å²) in [6, 6.07) is 10.5. The molecule has 0 saturated carbocycles. The fourth-order valence-corrected chi connectivity index (χ4v) is 2.26. The fourth-order valence-electron chi connectivity index (χ4n) is 2.26. The maximum atomic E-state index is 13.7. The molecule has 3 rings (SSSR count). The van der Waals surface area contributed by atoms with Crippen molar-refractivity contribution in [1.29, 1.82) is 0 Å². The molecule has 136 valence electrons. The van der Waals surface area contributed by atoms with Crippen LogP contribution in [0.15, 0.2) is 48.5 Å². The van der Waals surface area contributed by atoms with Crippen molar-refractivity contribution >= 4 is 11.9 Å². The summed E-state index contributed by atoms with van der Waals surface area (Å²) in [4.78, 5) is 24.2. The van der Waals surface area contributed by atoms with Crippen LogP contribution in [0.2, 0.25) is 0 Å². The van der Waals surface area contributed by atoms with Gasteiger partial charge in [0.1, 0.15) is 11.6 Å². The normalized spacial score (nSPS) is 19.6. The molecule has 0 unspecified atom stereocenters. The second kappa shape index (κ2) is 8.03. The van der Waals surface area contributed by atoms with E-state index in [1.54, 1.807) is 0 Å².